The zero-order valence-corrected chi connectivity index (χ0v) is 16.4. The van der Waals surface area contributed by atoms with Gasteiger partial charge in [0.15, 0.2) is 5.52 Å². The molecule has 0 aliphatic heterocycles. The third-order valence-corrected chi connectivity index (χ3v) is 5.90. The Morgan fingerprint density at radius 2 is 1.76 bits per heavy atom. The van der Waals surface area contributed by atoms with Crippen molar-refractivity contribution in [2.75, 3.05) is 0 Å². The van der Waals surface area contributed by atoms with Gasteiger partial charge < -0.3 is 0 Å². The van der Waals surface area contributed by atoms with Crippen molar-refractivity contribution in [3.63, 3.8) is 0 Å². The Balaban J connectivity index is 1.72. The largest absolute Gasteiger partial charge is 0.294 e. The first-order valence-electron chi connectivity index (χ1n) is 9.21. The highest BCUT2D eigenvalue weighted by Gasteiger charge is 2.17. The van der Waals surface area contributed by atoms with Gasteiger partial charge in [-0.1, -0.05) is 42.5 Å². The number of hydrogen-bond acceptors (Lipinski definition) is 4. The van der Waals surface area contributed by atoms with Crippen LogP contribution in [0, 0.1) is 12.7 Å². The second-order valence-corrected chi connectivity index (χ2v) is 8.07. The maximum Gasteiger partial charge on any atom is 0.294 e. The molecule has 5 aromatic rings. The first-order valence-corrected chi connectivity index (χ1v) is 10.0. The van der Waals surface area contributed by atoms with E-state index in [9.17, 15) is 9.18 Å². The van der Waals surface area contributed by atoms with E-state index in [4.69, 9.17) is 0 Å². The molecule has 2 heterocycles. The fourth-order valence-corrected chi connectivity index (χ4v) is 4.48. The lowest BCUT2D eigenvalue weighted by Crippen LogP contribution is -2.24. The summed E-state index contributed by atoms with van der Waals surface area (Å²) in [6.07, 6.45) is 0. The third kappa shape index (κ3) is 3.11. The summed E-state index contributed by atoms with van der Waals surface area (Å²) < 4.78 is 15.6. The van der Waals surface area contributed by atoms with Gasteiger partial charge in [-0.25, -0.2) is 14.1 Å². The Hall–Kier alpha value is -3.38. The molecule has 0 unspecified atom stereocenters. The lowest BCUT2D eigenvalue weighted by Gasteiger charge is -2.11. The average Bonchev–Trinajstić information content (AvgIpc) is 3.13. The highest BCUT2D eigenvalue weighted by atomic mass is 32.1. The molecule has 0 radical (unpaired) electrons. The van der Waals surface area contributed by atoms with Crippen LogP contribution in [-0.4, -0.2) is 14.8 Å². The summed E-state index contributed by atoms with van der Waals surface area (Å²) in [6, 6.07) is 20.3. The molecule has 0 saturated heterocycles. The smallest absolute Gasteiger partial charge is 0.265 e. The van der Waals surface area contributed by atoms with E-state index in [2.05, 4.69) is 10.1 Å². The summed E-state index contributed by atoms with van der Waals surface area (Å²) in [5.41, 5.74) is 2.59. The van der Waals surface area contributed by atoms with Gasteiger partial charge in [0, 0.05) is 5.56 Å². The van der Waals surface area contributed by atoms with E-state index in [1.54, 1.807) is 12.1 Å². The number of rotatable bonds is 3. The maximum atomic E-state index is 13.4. The van der Waals surface area contributed by atoms with Crippen molar-refractivity contribution >= 4 is 32.3 Å². The van der Waals surface area contributed by atoms with Gasteiger partial charge in [-0.2, -0.15) is 5.10 Å². The summed E-state index contributed by atoms with van der Waals surface area (Å²) in [7, 11) is 0. The molecule has 6 heteroatoms. The number of thiazole rings is 1. The van der Waals surface area contributed by atoms with Crippen molar-refractivity contribution in [2.45, 2.75) is 13.5 Å². The van der Waals surface area contributed by atoms with Gasteiger partial charge in [-0.05, 0) is 47.5 Å². The first-order chi connectivity index (χ1) is 14.1. The first kappa shape index (κ1) is 17.7. The van der Waals surface area contributed by atoms with Crippen LogP contribution in [0.4, 0.5) is 4.39 Å². The minimum absolute atomic E-state index is 0.219. The van der Waals surface area contributed by atoms with E-state index in [0.717, 1.165) is 31.6 Å². The van der Waals surface area contributed by atoms with Crippen LogP contribution in [0.3, 0.4) is 0 Å². The van der Waals surface area contributed by atoms with Crippen molar-refractivity contribution in [3.8, 4) is 11.3 Å². The number of hydrogen-bond donors (Lipinski definition) is 0. The Morgan fingerprint density at radius 1 is 1.00 bits per heavy atom. The monoisotopic (exact) mass is 401 g/mol. The average molecular weight is 401 g/mol. The SMILES string of the molecule is Cc1nc2c(=O)n(Cc3cccc4ccccc34)nc(-c3ccc(F)cc3)c2s1. The van der Waals surface area contributed by atoms with Gasteiger partial charge in [0.05, 0.1) is 16.3 Å². The summed E-state index contributed by atoms with van der Waals surface area (Å²) in [4.78, 5) is 17.6. The molecule has 5 rings (SSSR count). The third-order valence-electron chi connectivity index (χ3n) is 4.92. The molecule has 0 aliphatic carbocycles. The minimum atomic E-state index is -0.311. The number of nitrogens with zero attached hydrogens (tertiary/aromatic N) is 3. The molecule has 0 aliphatic rings. The predicted molar refractivity (Wildman–Crippen MR) is 115 cm³/mol. The fraction of sp³-hybridized carbons (Fsp3) is 0.0870. The second kappa shape index (κ2) is 6.90. The second-order valence-electron chi connectivity index (χ2n) is 6.87. The highest BCUT2D eigenvalue weighted by molar-refractivity contribution is 7.19. The number of halogens is 1. The summed E-state index contributed by atoms with van der Waals surface area (Å²) in [5.74, 6) is -0.311. The summed E-state index contributed by atoms with van der Waals surface area (Å²) in [6.45, 7) is 2.20. The Kier molecular flexibility index (Phi) is 4.21. The molecule has 0 saturated carbocycles. The van der Waals surface area contributed by atoms with Gasteiger partial charge in [-0.15, -0.1) is 11.3 Å². The van der Waals surface area contributed by atoms with E-state index in [-0.39, 0.29) is 11.4 Å². The summed E-state index contributed by atoms with van der Waals surface area (Å²) >= 11 is 1.43. The molecule has 3 aromatic carbocycles. The molecule has 0 bridgehead atoms. The van der Waals surface area contributed by atoms with Crippen LogP contribution in [0.2, 0.25) is 0 Å². The van der Waals surface area contributed by atoms with Gasteiger partial charge in [0.2, 0.25) is 0 Å². The number of aryl methyl sites for hydroxylation is 1. The molecule has 0 N–H and O–H groups in total. The number of benzene rings is 3. The Labute approximate surface area is 169 Å². The quantitative estimate of drug-likeness (QED) is 0.419. The van der Waals surface area contributed by atoms with E-state index >= 15 is 0 Å². The van der Waals surface area contributed by atoms with Crippen molar-refractivity contribution < 1.29 is 4.39 Å². The van der Waals surface area contributed by atoms with Crippen LogP contribution in [-0.2, 0) is 6.54 Å². The van der Waals surface area contributed by atoms with Gasteiger partial charge in [0.1, 0.15) is 11.5 Å². The predicted octanol–water partition coefficient (Wildman–Crippen LogP) is 5.17. The molecule has 4 nitrogen and oxygen atoms in total. The Morgan fingerprint density at radius 3 is 2.59 bits per heavy atom. The molecule has 0 atom stereocenters. The molecule has 0 fully saturated rings. The molecule has 29 heavy (non-hydrogen) atoms. The molecule has 0 amide bonds. The van der Waals surface area contributed by atoms with E-state index in [0.29, 0.717) is 17.8 Å². The lowest BCUT2D eigenvalue weighted by atomic mass is 10.0. The van der Waals surface area contributed by atoms with Crippen LogP contribution in [0.25, 0.3) is 32.2 Å². The van der Waals surface area contributed by atoms with Crippen LogP contribution < -0.4 is 5.56 Å². The lowest BCUT2D eigenvalue weighted by molar-refractivity contribution is 0.627. The van der Waals surface area contributed by atoms with Crippen molar-refractivity contribution in [1.29, 1.82) is 0 Å². The van der Waals surface area contributed by atoms with Crippen molar-refractivity contribution in [3.05, 3.63) is 93.5 Å². The van der Waals surface area contributed by atoms with Crippen LogP contribution in [0.1, 0.15) is 10.6 Å². The fourth-order valence-electron chi connectivity index (χ4n) is 3.56. The van der Waals surface area contributed by atoms with Gasteiger partial charge in [-0.3, -0.25) is 4.79 Å². The van der Waals surface area contributed by atoms with Gasteiger partial charge >= 0.3 is 0 Å². The topological polar surface area (TPSA) is 47.8 Å². The molecule has 142 valence electrons. The maximum absolute atomic E-state index is 13.4. The molecular formula is C23H16FN3OS. The van der Waals surface area contributed by atoms with E-state index in [1.165, 1.54) is 28.2 Å². The molecular weight excluding hydrogens is 385 g/mol. The van der Waals surface area contributed by atoms with Crippen LogP contribution in [0.5, 0.6) is 0 Å². The van der Waals surface area contributed by atoms with E-state index < -0.39 is 0 Å². The van der Waals surface area contributed by atoms with Gasteiger partial charge in [0.25, 0.3) is 5.56 Å². The van der Waals surface area contributed by atoms with E-state index in [1.807, 2.05) is 49.4 Å². The number of fused-ring (bicyclic) bond motifs is 2. The zero-order chi connectivity index (χ0) is 20.0. The van der Waals surface area contributed by atoms with Crippen molar-refractivity contribution in [2.24, 2.45) is 0 Å². The molecule has 2 aromatic heterocycles. The highest BCUT2D eigenvalue weighted by Crippen LogP contribution is 2.30. The summed E-state index contributed by atoms with van der Waals surface area (Å²) in [5, 5.41) is 7.66. The van der Waals surface area contributed by atoms with Crippen molar-refractivity contribution in [1.82, 2.24) is 14.8 Å². The normalized spacial score (nSPS) is 11.4. The zero-order valence-electron chi connectivity index (χ0n) is 15.6. The molecule has 0 spiro atoms. The van der Waals surface area contributed by atoms with Crippen LogP contribution >= 0.6 is 11.3 Å². The Bertz CT molecular complexity index is 1420. The number of aromatic nitrogens is 3. The minimum Gasteiger partial charge on any atom is -0.265 e. The van der Waals surface area contributed by atoms with Crippen LogP contribution in [0.15, 0.2) is 71.5 Å². The standard InChI is InChI=1S/C23H16FN3OS/c1-14-25-21-22(29-14)20(16-9-11-18(24)12-10-16)26-27(23(21)28)13-17-7-4-6-15-5-2-3-8-19(15)17/h2-12H,13H2,1H3.